The zero-order valence-corrected chi connectivity index (χ0v) is 18.5. The van der Waals surface area contributed by atoms with Crippen LogP contribution in [0.3, 0.4) is 0 Å². The van der Waals surface area contributed by atoms with Crippen LogP contribution >= 0.6 is 11.3 Å². The Bertz CT molecular complexity index is 1080. The fraction of sp³-hybridized carbons (Fsp3) is 0.250. The number of hydrogen-bond acceptors (Lipinski definition) is 5. The summed E-state index contributed by atoms with van der Waals surface area (Å²) in [5.74, 6) is 0.0234. The first kappa shape index (κ1) is 22.0. The number of anilines is 1. The summed E-state index contributed by atoms with van der Waals surface area (Å²) in [6, 6.07) is 17.5. The van der Waals surface area contributed by atoms with E-state index < -0.39 is 0 Å². The van der Waals surface area contributed by atoms with Crippen molar-refractivity contribution in [1.29, 1.82) is 0 Å². The highest BCUT2D eigenvalue weighted by molar-refractivity contribution is 7.17. The summed E-state index contributed by atoms with van der Waals surface area (Å²) in [7, 11) is 1.57. The normalized spacial score (nSPS) is 14.2. The molecule has 0 bridgehead atoms. The molecule has 2 aromatic carbocycles. The van der Waals surface area contributed by atoms with E-state index in [2.05, 4.69) is 5.32 Å². The van der Waals surface area contributed by atoms with Crippen LogP contribution in [-0.4, -0.2) is 61.4 Å². The molecule has 2 amide bonds. The van der Waals surface area contributed by atoms with Crippen molar-refractivity contribution in [3.63, 3.8) is 0 Å². The Morgan fingerprint density at radius 3 is 2.38 bits per heavy atom. The van der Waals surface area contributed by atoms with Crippen molar-refractivity contribution in [2.24, 2.45) is 0 Å². The summed E-state index contributed by atoms with van der Waals surface area (Å²) < 4.78 is 18.5. The van der Waals surface area contributed by atoms with Gasteiger partial charge in [-0.15, -0.1) is 11.3 Å². The van der Waals surface area contributed by atoms with Gasteiger partial charge < -0.3 is 15.0 Å². The molecule has 2 heterocycles. The first-order valence-corrected chi connectivity index (χ1v) is 11.2. The van der Waals surface area contributed by atoms with Crippen LogP contribution in [0.2, 0.25) is 0 Å². The van der Waals surface area contributed by atoms with E-state index in [1.807, 2.05) is 41.3 Å². The van der Waals surface area contributed by atoms with Crippen LogP contribution in [0.4, 0.5) is 10.1 Å². The lowest BCUT2D eigenvalue weighted by atomic mass is 10.2. The van der Waals surface area contributed by atoms with E-state index in [1.54, 1.807) is 12.0 Å². The molecule has 0 aliphatic carbocycles. The van der Waals surface area contributed by atoms with Gasteiger partial charge in [-0.3, -0.25) is 14.5 Å². The third kappa shape index (κ3) is 5.15. The molecule has 1 aliphatic rings. The molecular formula is C24H24FN3O3S. The fourth-order valence-electron chi connectivity index (χ4n) is 3.61. The topological polar surface area (TPSA) is 61.9 Å². The maximum atomic E-state index is 13.1. The maximum absolute atomic E-state index is 13.1. The molecule has 4 rings (SSSR count). The van der Waals surface area contributed by atoms with Crippen LogP contribution in [-0.2, 0) is 4.79 Å². The summed E-state index contributed by atoms with van der Waals surface area (Å²) in [4.78, 5) is 30.8. The number of hydrogen-bond donors (Lipinski definition) is 1. The SMILES string of the molecule is COc1cc(-c2ccccc2)sc1C(=O)N1CCN(CC(=O)Nc2ccc(F)cc2)CC1. The molecule has 0 saturated carbocycles. The number of nitrogens with one attached hydrogen (secondary N) is 1. The lowest BCUT2D eigenvalue weighted by Gasteiger charge is -2.34. The molecular weight excluding hydrogens is 429 g/mol. The van der Waals surface area contributed by atoms with E-state index in [0.29, 0.717) is 42.5 Å². The van der Waals surface area contributed by atoms with Crippen molar-refractivity contribution < 1.29 is 18.7 Å². The average molecular weight is 454 g/mol. The second-order valence-corrected chi connectivity index (χ2v) is 8.55. The monoisotopic (exact) mass is 453 g/mol. The lowest BCUT2D eigenvalue weighted by molar-refractivity contribution is -0.117. The zero-order chi connectivity index (χ0) is 22.5. The molecule has 0 atom stereocenters. The number of halogens is 1. The van der Waals surface area contributed by atoms with Crippen LogP contribution in [0.25, 0.3) is 10.4 Å². The number of nitrogens with zero attached hydrogens (tertiary/aromatic N) is 2. The van der Waals surface area contributed by atoms with Gasteiger partial charge in [0.05, 0.1) is 13.7 Å². The van der Waals surface area contributed by atoms with Crippen molar-refractivity contribution in [3.05, 3.63) is 71.4 Å². The highest BCUT2D eigenvalue weighted by Crippen LogP contribution is 2.37. The molecule has 0 unspecified atom stereocenters. The molecule has 0 spiro atoms. The molecule has 3 aromatic rings. The first-order valence-electron chi connectivity index (χ1n) is 10.3. The van der Waals surface area contributed by atoms with Gasteiger partial charge in [-0.2, -0.15) is 0 Å². The quantitative estimate of drug-likeness (QED) is 0.614. The Morgan fingerprint density at radius 1 is 1.03 bits per heavy atom. The number of ether oxygens (including phenoxy) is 1. The lowest BCUT2D eigenvalue weighted by Crippen LogP contribution is -2.50. The van der Waals surface area contributed by atoms with Crippen LogP contribution < -0.4 is 10.1 Å². The minimum absolute atomic E-state index is 0.0514. The standard InChI is InChI=1S/C24H24FN3O3S/c1-31-20-15-21(17-5-3-2-4-6-17)32-23(20)24(30)28-13-11-27(12-14-28)16-22(29)26-19-9-7-18(25)8-10-19/h2-10,15H,11-14,16H2,1H3,(H,26,29). The van der Waals surface area contributed by atoms with Gasteiger partial charge in [-0.1, -0.05) is 30.3 Å². The molecule has 166 valence electrons. The fourth-order valence-corrected chi connectivity index (χ4v) is 4.71. The molecule has 32 heavy (non-hydrogen) atoms. The second-order valence-electron chi connectivity index (χ2n) is 7.50. The van der Waals surface area contributed by atoms with Crippen molar-refractivity contribution in [2.45, 2.75) is 0 Å². The number of carbonyl (C=O) groups is 2. The number of amides is 2. The van der Waals surface area contributed by atoms with Gasteiger partial charge in [0.25, 0.3) is 5.91 Å². The molecule has 6 nitrogen and oxygen atoms in total. The predicted molar refractivity (Wildman–Crippen MR) is 124 cm³/mol. The zero-order valence-electron chi connectivity index (χ0n) is 17.7. The Morgan fingerprint density at radius 2 is 1.72 bits per heavy atom. The van der Waals surface area contributed by atoms with Gasteiger partial charge in [0, 0.05) is 36.7 Å². The van der Waals surface area contributed by atoms with Crippen LogP contribution in [0.1, 0.15) is 9.67 Å². The smallest absolute Gasteiger partial charge is 0.267 e. The molecule has 1 aliphatic heterocycles. The number of benzene rings is 2. The predicted octanol–water partition coefficient (Wildman–Crippen LogP) is 3.96. The largest absolute Gasteiger partial charge is 0.495 e. The molecule has 8 heteroatoms. The van der Waals surface area contributed by atoms with Gasteiger partial charge in [0.15, 0.2) is 0 Å². The van der Waals surface area contributed by atoms with Gasteiger partial charge in [-0.25, -0.2) is 4.39 Å². The van der Waals surface area contributed by atoms with Crippen molar-refractivity contribution >= 4 is 28.8 Å². The minimum atomic E-state index is -0.345. The molecule has 1 aromatic heterocycles. The van der Waals surface area contributed by atoms with E-state index in [0.717, 1.165) is 10.4 Å². The Labute approximate surface area is 190 Å². The molecule has 1 saturated heterocycles. The van der Waals surface area contributed by atoms with Crippen LogP contribution in [0, 0.1) is 5.82 Å². The summed E-state index contributed by atoms with van der Waals surface area (Å²) in [5, 5.41) is 2.77. The van der Waals surface area contributed by atoms with Crippen molar-refractivity contribution in [1.82, 2.24) is 9.80 Å². The molecule has 0 radical (unpaired) electrons. The van der Waals surface area contributed by atoms with Crippen LogP contribution in [0.5, 0.6) is 5.75 Å². The second kappa shape index (κ2) is 9.93. The van der Waals surface area contributed by atoms with E-state index in [9.17, 15) is 14.0 Å². The number of rotatable bonds is 6. The third-order valence-corrected chi connectivity index (χ3v) is 6.48. The van der Waals surface area contributed by atoms with E-state index >= 15 is 0 Å². The summed E-state index contributed by atoms with van der Waals surface area (Å²) in [6.07, 6.45) is 0. The van der Waals surface area contributed by atoms with E-state index in [1.165, 1.54) is 35.6 Å². The number of carbonyl (C=O) groups excluding carboxylic acids is 2. The maximum Gasteiger partial charge on any atom is 0.267 e. The molecule has 1 fully saturated rings. The Balaban J connectivity index is 1.34. The van der Waals surface area contributed by atoms with E-state index in [4.69, 9.17) is 4.74 Å². The number of thiophene rings is 1. The van der Waals surface area contributed by atoms with Gasteiger partial charge >= 0.3 is 0 Å². The minimum Gasteiger partial charge on any atom is -0.495 e. The first-order chi connectivity index (χ1) is 15.5. The highest BCUT2D eigenvalue weighted by Gasteiger charge is 2.27. The number of methoxy groups -OCH3 is 1. The number of piperazine rings is 1. The summed E-state index contributed by atoms with van der Waals surface area (Å²) >= 11 is 1.43. The average Bonchev–Trinajstić information content (AvgIpc) is 3.26. The summed E-state index contributed by atoms with van der Waals surface area (Å²) in [6.45, 7) is 2.48. The Hall–Kier alpha value is -3.23. The van der Waals surface area contributed by atoms with Gasteiger partial charge in [0.1, 0.15) is 16.4 Å². The highest BCUT2D eigenvalue weighted by atomic mass is 32.1. The van der Waals surface area contributed by atoms with Gasteiger partial charge in [-0.05, 0) is 35.9 Å². The van der Waals surface area contributed by atoms with Crippen molar-refractivity contribution in [3.8, 4) is 16.2 Å². The van der Waals surface area contributed by atoms with E-state index in [-0.39, 0.29) is 24.2 Å². The van der Waals surface area contributed by atoms with Crippen molar-refractivity contribution in [2.75, 3.05) is 45.2 Å². The molecule has 1 N–H and O–H groups in total. The van der Waals surface area contributed by atoms with Gasteiger partial charge in [0.2, 0.25) is 5.91 Å². The third-order valence-electron chi connectivity index (χ3n) is 5.33. The Kier molecular flexibility index (Phi) is 6.82. The van der Waals surface area contributed by atoms with Crippen LogP contribution in [0.15, 0.2) is 60.7 Å². The summed E-state index contributed by atoms with van der Waals surface area (Å²) in [5.41, 5.74) is 1.61.